The van der Waals surface area contributed by atoms with E-state index in [1.807, 2.05) is 37.3 Å². The largest absolute Gasteiger partial charge is 0.476 e. The predicted molar refractivity (Wildman–Crippen MR) is 102 cm³/mol. The lowest BCUT2D eigenvalue weighted by molar-refractivity contribution is -0.123. The van der Waals surface area contributed by atoms with E-state index in [4.69, 9.17) is 4.74 Å². The van der Waals surface area contributed by atoms with Crippen LogP contribution in [0.25, 0.3) is 10.2 Å². The van der Waals surface area contributed by atoms with Gasteiger partial charge in [0, 0.05) is 6.92 Å². The van der Waals surface area contributed by atoms with E-state index >= 15 is 0 Å². The fourth-order valence-corrected chi connectivity index (χ4v) is 3.91. The average molecular weight is 367 g/mol. The maximum Gasteiger partial charge on any atom is 0.269 e. The van der Waals surface area contributed by atoms with Crippen molar-refractivity contribution in [3.63, 3.8) is 0 Å². The highest BCUT2D eigenvalue weighted by atomic mass is 32.1. The van der Waals surface area contributed by atoms with Crippen LogP contribution in [0.1, 0.15) is 12.5 Å². The Balaban J connectivity index is 1.57. The molecule has 2 heterocycles. The normalized spacial score (nSPS) is 16.1. The van der Waals surface area contributed by atoms with Gasteiger partial charge >= 0.3 is 0 Å². The summed E-state index contributed by atoms with van der Waals surface area (Å²) in [4.78, 5) is 30.6. The number of rotatable bonds is 2. The summed E-state index contributed by atoms with van der Waals surface area (Å²) in [6.45, 7) is 3.66. The lowest BCUT2D eigenvalue weighted by Gasteiger charge is -2.33. The highest BCUT2D eigenvalue weighted by Gasteiger charge is 2.32. The van der Waals surface area contributed by atoms with Crippen LogP contribution in [0.15, 0.2) is 42.5 Å². The van der Waals surface area contributed by atoms with Crippen LogP contribution in [0.5, 0.6) is 5.75 Å². The maximum atomic E-state index is 12.7. The number of hydrogen-bond acceptors (Lipinski definition) is 5. The molecule has 6 nitrogen and oxygen atoms in total. The molecule has 1 aromatic heterocycles. The van der Waals surface area contributed by atoms with E-state index in [9.17, 15) is 9.59 Å². The number of carbonyl (C=O) groups is 2. The fourth-order valence-electron chi connectivity index (χ4n) is 2.94. The summed E-state index contributed by atoms with van der Waals surface area (Å²) >= 11 is 1.42. The Morgan fingerprint density at radius 3 is 2.88 bits per heavy atom. The molecule has 7 heteroatoms. The lowest BCUT2D eigenvalue weighted by atomic mass is 10.2. The number of amides is 2. The Morgan fingerprint density at radius 2 is 2.08 bits per heavy atom. The molecule has 0 bridgehead atoms. The molecule has 1 unspecified atom stereocenters. The Labute approximate surface area is 154 Å². The molecular formula is C19H17N3O3S. The Hall–Kier alpha value is -2.93. The lowest BCUT2D eigenvalue weighted by Crippen LogP contribution is -2.48. The third kappa shape index (κ3) is 3.01. The highest BCUT2D eigenvalue weighted by molar-refractivity contribution is 7.22. The van der Waals surface area contributed by atoms with Gasteiger partial charge in [0.25, 0.3) is 5.91 Å². The predicted octanol–water partition coefficient (Wildman–Crippen LogP) is 3.36. The molecule has 0 radical (unpaired) electrons. The van der Waals surface area contributed by atoms with Crippen molar-refractivity contribution in [1.82, 2.24) is 4.98 Å². The van der Waals surface area contributed by atoms with Crippen LogP contribution in [-0.2, 0) is 9.59 Å². The molecule has 4 rings (SSSR count). The molecule has 2 aromatic carbocycles. The average Bonchev–Trinajstić information content (AvgIpc) is 3.01. The summed E-state index contributed by atoms with van der Waals surface area (Å²) in [7, 11) is 0. The van der Waals surface area contributed by atoms with Crippen molar-refractivity contribution >= 4 is 44.2 Å². The van der Waals surface area contributed by atoms with E-state index in [0.717, 1.165) is 15.8 Å². The number of carbonyl (C=O) groups excluding carboxylic acids is 2. The second kappa shape index (κ2) is 6.42. The molecule has 132 valence electrons. The molecule has 0 spiro atoms. The van der Waals surface area contributed by atoms with Crippen LogP contribution in [0.4, 0.5) is 10.8 Å². The number of para-hydroxylation sites is 2. The fraction of sp³-hybridized carbons (Fsp3) is 0.211. The molecule has 1 atom stereocenters. The summed E-state index contributed by atoms with van der Waals surface area (Å²) < 4.78 is 6.82. The third-order valence-corrected chi connectivity index (χ3v) is 5.15. The molecule has 0 saturated carbocycles. The Morgan fingerprint density at radius 1 is 1.27 bits per heavy atom. The van der Waals surface area contributed by atoms with Gasteiger partial charge in [-0.05, 0) is 36.8 Å². The van der Waals surface area contributed by atoms with Crippen molar-refractivity contribution in [1.29, 1.82) is 0 Å². The Kier molecular flexibility index (Phi) is 4.08. The van der Waals surface area contributed by atoms with Crippen LogP contribution >= 0.6 is 11.3 Å². The van der Waals surface area contributed by atoms with Crippen LogP contribution in [-0.4, -0.2) is 29.4 Å². The van der Waals surface area contributed by atoms with Gasteiger partial charge in [-0.25, -0.2) is 4.98 Å². The first-order valence-corrected chi connectivity index (χ1v) is 9.05. The van der Waals surface area contributed by atoms with Gasteiger partial charge in [-0.15, -0.1) is 0 Å². The van der Waals surface area contributed by atoms with Crippen molar-refractivity contribution in [2.75, 3.05) is 16.8 Å². The van der Waals surface area contributed by atoms with Gasteiger partial charge in [0.05, 0.1) is 22.4 Å². The van der Waals surface area contributed by atoms with Gasteiger partial charge in [-0.3, -0.25) is 14.9 Å². The number of nitrogens with one attached hydrogen (secondary N) is 1. The number of aromatic nitrogens is 1. The van der Waals surface area contributed by atoms with Crippen LogP contribution in [0.2, 0.25) is 0 Å². The topological polar surface area (TPSA) is 71.5 Å². The minimum Gasteiger partial charge on any atom is -0.476 e. The quantitative estimate of drug-likeness (QED) is 0.754. The number of benzene rings is 2. The van der Waals surface area contributed by atoms with Crippen molar-refractivity contribution in [3.05, 3.63) is 48.0 Å². The monoisotopic (exact) mass is 367 g/mol. The summed E-state index contributed by atoms with van der Waals surface area (Å²) in [5, 5.41) is 3.34. The molecule has 1 aliphatic rings. The molecule has 26 heavy (non-hydrogen) atoms. The molecular weight excluding hydrogens is 350 g/mol. The number of fused-ring (bicyclic) bond motifs is 2. The second-order valence-corrected chi connectivity index (χ2v) is 7.21. The number of ether oxygens (including phenoxy) is 1. The van der Waals surface area contributed by atoms with Crippen molar-refractivity contribution in [3.8, 4) is 5.75 Å². The van der Waals surface area contributed by atoms with E-state index in [-0.39, 0.29) is 18.4 Å². The summed E-state index contributed by atoms with van der Waals surface area (Å²) in [6, 6.07) is 13.2. The number of hydrogen-bond donors (Lipinski definition) is 1. The van der Waals surface area contributed by atoms with Crippen molar-refractivity contribution in [2.24, 2.45) is 0 Å². The molecule has 1 N–H and O–H groups in total. The summed E-state index contributed by atoms with van der Waals surface area (Å²) in [6.07, 6.45) is -0.789. The molecule has 0 fully saturated rings. The summed E-state index contributed by atoms with van der Waals surface area (Å²) in [5.41, 5.74) is 2.67. The maximum absolute atomic E-state index is 12.7. The van der Waals surface area contributed by atoms with E-state index < -0.39 is 6.10 Å². The van der Waals surface area contributed by atoms with Crippen molar-refractivity contribution < 1.29 is 14.3 Å². The highest BCUT2D eigenvalue weighted by Crippen LogP contribution is 2.34. The smallest absolute Gasteiger partial charge is 0.269 e. The third-order valence-electron chi connectivity index (χ3n) is 4.22. The second-order valence-electron chi connectivity index (χ2n) is 6.18. The Bertz CT molecular complexity index is 1010. The SMILES string of the molecule is CC(=O)N1CC(C(=O)Nc2nc3ccc(C)cc3s2)Oc2ccccc21. The number of aryl methyl sites for hydroxylation is 1. The van der Waals surface area contributed by atoms with Gasteiger partial charge < -0.3 is 9.64 Å². The van der Waals surface area contributed by atoms with Gasteiger partial charge in [0.1, 0.15) is 5.75 Å². The van der Waals surface area contributed by atoms with E-state index in [0.29, 0.717) is 16.6 Å². The van der Waals surface area contributed by atoms with Gasteiger partial charge in [-0.1, -0.05) is 29.5 Å². The zero-order valence-corrected chi connectivity index (χ0v) is 15.2. The molecule has 3 aromatic rings. The molecule has 0 aliphatic carbocycles. The van der Waals surface area contributed by atoms with Gasteiger partial charge in [0.15, 0.2) is 11.2 Å². The van der Waals surface area contributed by atoms with Crippen LogP contribution in [0.3, 0.4) is 0 Å². The molecule has 0 saturated heterocycles. The first-order chi connectivity index (χ1) is 12.5. The number of thiazole rings is 1. The minimum atomic E-state index is -0.789. The van der Waals surface area contributed by atoms with E-state index in [1.54, 1.807) is 17.0 Å². The first kappa shape index (κ1) is 16.5. The number of nitrogens with zero attached hydrogens (tertiary/aromatic N) is 2. The van der Waals surface area contributed by atoms with Crippen LogP contribution in [0, 0.1) is 6.92 Å². The minimum absolute atomic E-state index is 0.131. The first-order valence-electron chi connectivity index (χ1n) is 8.23. The van der Waals surface area contributed by atoms with E-state index in [1.165, 1.54) is 18.3 Å². The van der Waals surface area contributed by atoms with Crippen molar-refractivity contribution in [2.45, 2.75) is 20.0 Å². The van der Waals surface area contributed by atoms with E-state index in [2.05, 4.69) is 10.3 Å². The zero-order chi connectivity index (χ0) is 18.3. The summed E-state index contributed by atoms with van der Waals surface area (Å²) in [5.74, 6) is 0.0737. The zero-order valence-electron chi connectivity index (χ0n) is 14.4. The van der Waals surface area contributed by atoms with Gasteiger partial charge in [0.2, 0.25) is 5.91 Å². The molecule has 2 amide bonds. The standard InChI is InChI=1S/C19H17N3O3S/c1-11-7-8-13-17(9-11)26-19(20-13)21-18(24)16-10-22(12(2)23)14-5-3-4-6-15(14)25-16/h3-9,16H,10H2,1-2H3,(H,20,21,24). The van der Waals surface area contributed by atoms with Crippen LogP contribution < -0.4 is 15.0 Å². The molecule has 1 aliphatic heterocycles. The number of anilines is 2. The van der Waals surface area contributed by atoms with Gasteiger partial charge in [-0.2, -0.15) is 0 Å².